The van der Waals surface area contributed by atoms with Crippen LogP contribution in [0, 0.1) is 12.7 Å². The number of hydrogen-bond acceptors (Lipinski definition) is 2. The van der Waals surface area contributed by atoms with E-state index in [1.165, 1.54) is 11.0 Å². The Morgan fingerprint density at radius 3 is 2.48 bits per heavy atom. The first-order valence-corrected chi connectivity index (χ1v) is 9.61. The van der Waals surface area contributed by atoms with E-state index in [0.29, 0.717) is 12.2 Å². The van der Waals surface area contributed by atoms with E-state index >= 15 is 0 Å². The van der Waals surface area contributed by atoms with Gasteiger partial charge in [-0.25, -0.2) is 4.39 Å². The van der Waals surface area contributed by atoms with E-state index in [9.17, 15) is 9.50 Å². The first kappa shape index (κ1) is 18.0. The Morgan fingerprint density at radius 1 is 1.07 bits per heavy atom. The van der Waals surface area contributed by atoms with Crippen molar-refractivity contribution in [2.24, 2.45) is 7.05 Å². The van der Waals surface area contributed by atoms with Gasteiger partial charge in [0.1, 0.15) is 18.5 Å². The molecule has 1 aromatic heterocycles. The fourth-order valence-electron chi connectivity index (χ4n) is 4.32. The zero-order valence-electron chi connectivity index (χ0n) is 16.0. The molecule has 2 N–H and O–H groups in total. The number of halogens is 1. The van der Waals surface area contributed by atoms with Gasteiger partial charge in [0.15, 0.2) is 0 Å². The van der Waals surface area contributed by atoms with Crippen LogP contribution in [0.5, 0.6) is 0 Å². The van der Waals surface area contributed by atoms with Crippen LogP contribution in [0.1, 0.15) is 17.4 Å². The number of hydrogen-bond donors (Lipinski definition) is 2. The molecule has 4 rings (SSSR count). The molecule has 0 amide bonds. The molecule has 3 aromatic rings. The highest BCUT2D eigenvalue weighted by atomic mass is 19.1. The molecule has 1 aliphatic heterocycles. The minimum atomic E-state index is -0.494. The van der Waals surface area contributed by atoms with Crippen molar-refractivity contribution in [2.75, 3.05) is 37.6 Å². The molecule has 1 fully saturated rings. The fourth-order valence-corrected chi connectivity index (χ4v) is 4.32. The van der Waals surface area contributed by atoms with E-state index in [-0.39, 0.29) is 5.82 Å². The Balaban J connectivity index is 1.46. The number of piperazine rings is 1. The van der Waals surface area contributed by atoms with Crippen LogP contribution in [-0.2, 0) is 7.05 Å². The van der Waals surface area contributed by atoms with Crippen LogP contribution in [0.2, 0.25) is 0 Å². The molecule has 5 heteroatoms. The van der Waals surface area contributed by atoms with Gasteiger partial charge in [0.05, 0.1) is 31.9 Å². The number of benzene rings is 2. The maximum absolute atomic E-state index is 14.0. The van der Waals surface area contributed by atoms with Gasteiger partial charge in [-0.15, -0.1) is 0 Å². The van der Waals surface area contributed by atoms with Gasteiger partial charge in [-0.2, -0.15) is 0 Å². The Bertz CT molecular complexity index is 944. The average Bonchev–Trinajstić information content (AvgIpc) is 2.94. The minimum Gasteiger partial charge on any atom is -0.382 e. The molecule has 0 aliphatic carbocycles. The number of aliphatic hydroxyl groups excluding tert-OH is 1. The van der Waals surface area contributed by atoms with Crippen LogP contribution in [-0.4, -0.2) is 42.4 Å². The number of nitrogens with one attached hydrogen (secondary N) is 1. The molecule has 142 valence electrons. The normalized spacial score (nSPS) is 16.8. The number of para-hydroxylation sites is 2. The molecule has 0 radical (unpaired) electrons. The van der Waals surface area contributed by atoms with Gasteiger partial charge < -0.3 is 19.5 Å². The molecular formula is C22H27FN3O+. The summed E-state index contributed by atoms with van der Waals surface area (Å²) < 4.78 is 16.2. The highest BCUT2D eigenvalue weighted by Gasteiger charge is 2.27. The third-order valence-corrected chi connectivity index (χ3v) is 5.93. The second-order valence-corrected chi connectivity index (χ2v) is 7.48. The molecule has 0 unspecified atom stereocenters. The van der Waals surface area contributed by atoms with E-state index in [1.807, 2.05) is 31.3 Å². The summed E-state index contributed by atoms with van der Waals surface area (Å²) in [5, 5.41) is 12.1. The SMILES string of the molecule is Cc1c([C@H](O)C[NH+]2CCN(c3ccccc3F)CC2)c2ccccc2n1C. The summed E-state index contributed by atoms with van der Waals surface area (Å²) in [6, 6.07) is 15.2. The smallest absolute Gasteiger partial charge is 0.146 e. The molecule has 1 saturated heterocycles. The van der Waals surface area contributed by atoms with Gasteiger partial charge in [-0.1, -0.05) is 30.3 Å². The fraction of sp³-hybridized carbons (Fsp3) is 0.364. The van der Waals surface area contributed by atoms with Crippen molar-refractivity contribution in [3.8, 4) is 0 Å². The predicted octanol–water partition coefficient (Wildman–Crippen LogP) is 2.06. The van der Waals surface area contributed by atoms with Crippen molar-refractivity contribution in [3.05, 3.63) is 65.6 Å². The maximum Gasteiger partial charge on any atom is 0.146 e. The average molecular weight is 368 g/mol. The Kier molecular flexibility index (Phi) is 4.89. The lowest BCUT2D eigenvalue weighted by molar-refractivity contribution is -0.904. The van der Waals surface area contributed by atoms with Gasteiger partial charge in [-0.3, -0.25) is 0 Å². The standard InChI is InChI=1S/C22H26FN3O/c1-16-22(17-7-3-5-9-19(17)24(16)2)21(27)15-25-11-13-26(14-12-25)20-10-6-4-8-18(20)23/h3-10,21,27H,11-15H2,1-2H3/p+1/t21-/m1/s1. The van der Waals surface area contributed by atoms with Crippen molar-refractivity contribution in [2.45, 2.75) is 13.0 Å². The molecule has 0 saturated carbocycles. The van der Waals surface area contributed by atoms with Crippen LogP contribution in [0.25, 0.3) is 10.9 Å². The molecule has 2 aromatic carbocycles. The number of rotatable bonds is 4. The van der Waals surface area contributed by atoms with E-state index in [1.54, 1.807) is 6.07 Å². The second kappa shape index (κ2) is 7.33. The highest BCUT2D eigenvalue weighted by molar-refractivity contribution is 5.85. The molecule has 1 atom stereocenters. The Morgan fingerprint density at radius 2 is 1.74 bits per heavy atom. The predicted molar refractivity (Wildman–Crippen MR) is 107 cm³/mol. The van der Waals surface area contributed by atoms with Gasteiger partial charge in [0, 0.05) is 29.2 Å². The first-order chi connectivity index (χ1) is 13.1. The van der Waals surface area contributed by atoms with E-state index in [2.05, 4.69) is 28.5 Å². The zero-order valence-corrected chi connectivity index (χ0v) is 16.0. The Labute approximate surface area is 159 Å². The second-order valence-electron chi connectivity index (χ2n) is 7.48. The molecular weight excluding hydrogens is 341 g/mol. The summed E-state index contributed by atoms with van der Waals surface area (Å²) >= 11 is 0. The first-order valence-electron chi connectivity index (χ1n) is 9.61. The summed E-state index contributed by atoms with van der Waals surface area (Å²) in [6.07, 6.45) is -0.494. The number of aliphatic hydroxyl groups is 1. The van der Waals surface area contributed by atoms with Crippen molar-refractivity contribution in [3.63, 3.8) is 0 Å². The number of nitrogens with zero attached hydrogens (tertiary/aromatic N) is 2. The van der Waals surface area contributed by atoms with Crippen molar-refractivity contribution < 1.29 is 14.4 Å². The van der Waals surface area contributed by atoms with E-state index < -0.39 is 6.10 Å². The maximum atomic E-state index is 14.0. The third kappa shape index (κ3) is 3.33. The zero-order chi connectivity index (χ0) is 19.0. The summed E-state index contributed by atoms with van der Waals surface area (Å²) in [4.78, 5) is 3.47. The van der Waals surface area contributed by atoms with Crippen molar-refractivity contribution in [1.29, 1.82) is 0 Å². The molecule has 0 spiro atoms. The van der Waals surface area contributed by atoms with E-state index in [4.69, 9.17) is 0 Å². The number of quaternary nitrogens is 1. The van der Waals surface area contributed by atoms with Crippen LogP contribution in [0.15, 0.2) is 48.5 Å². The topological polar surface area (TPSA) is 32.8 Å². The van der Waals surface area contributed by atoms with E-state index in [0.717, 1.165) is 48.3 Å². The molecule has 2 heterocycles. The molecule has 27 heavy (non-hydrogen) atoms. The summed E-state index contributed by atoms with van der Waals surface area (Å²) in [7, 11) is 2.05. The monoisotopic (exact) mass is 368 g/mol. The third-order valence-electron chi connectivity index (χ3n) is 5.93. The van der Waals surface area contributed by atoms with Gasteiger partial charge in [0.2, 0.25) is 0 Å². The van der Waals surface area contributed by atoms with Crippen LogP contribution in [0.3, 0.4) is 0 Å². The number of aromatic nitrogens is 1. The minimum absolute atomic E-state index is 0.160. The lowest BCUT2D eigenvalue weighted by Crippen LogP contribution is -3.15. The van der Waals surface area contributed by atoms with Crippen LogP contribution in [0.4, 0.5) is 10.1 Å². The largest absolute Gasteiger partial charge is 0.382 e. The van der Waals surface area contributed by atoms with Crippen molar-refractivity contribution >= 4 is 16.6 Å². The lowest BCUT2D eigenvalue weighted by atomic mass is 10.0. The number of fused-ring (bicyclic) bond motifs is 1. The summed E-state index contributed by atoms with van der Waals surface area (Å²) in [5.41, 5.74) is 4.00. The van der Waals surface area contributed by atoms with Crippen molar-refractivity contribution in [1.82, 2.24) is 4.57 Å². The quantitative estimate of drug-likeness (QED) is 0.739. The molecule has 1 aliphatic rings. The van der Waals surface area contributed by atoms with Crippen LogP contribution >= 0.6 is 0 Å². The number of anilines is 1. The summed E-state index contributed by atoms with van der Waals surface area (Å²) in [6.45, 7) is 6.16. The van der Waals surface area contributed by atoms with Crippen LogP contribution < -0.4 is 9.80 Å². The highest BCUT2D eigenvalue weighted by Crippen LogP contribution is 2.29. The van der Waals surface area contributed by atoms with Gasteiger partial charge >= 0.3 is 0 Å². The van der Waals surface area contributed by atoms with Gasteiger partial charge in [-0.05, 0) is 25.1 Å². The summed E-state index contributed by atoms with van der Waals surface area (Å²) in [5.74, 6) is -0.160. The molecule has 0 bridgehead atoms. The van der Waals surface area contributed by atoms with Gasteiger partial charge in [0.25, 0.3) is 0 Å². The lowest BCUT2D eigenvalue weighted by Gasteiger charge is -2.34. The molecule has 4 nitrogen and oxygen atoms in total. The Hall–Kier alpha value is -2.37. The number of aryl methyl sites for hydroxylation is 1.